The largest absolute Gasteiger partial charge is 0.495 e. The fourth-order valence-electron chi connectivity index (χ4n) is 1.62. The highest BCUT2D eigenvalue weighted by atomic mass is 35.5. The third-order valence-electron chi connectivity index (χ3n) is 2.56. The molecule has 2 amide bonds. The number of hydrogen-bond donors (Lipinski definition) is 2. The Hall–Kier alpha value is -1.99. The summed E-state index contributed by atoms with van der Waals surface area (Å²) in [5, 5.41) is 6.19. The van der Waals surface area contributed by atoms with Gasteiger partial charge in [-0.2, -0.15) is 0 Å². The molecule has 0 radical (unpaired) electrons. The Labute approximate surface area is 131 Å². The maximum absolute atomic E-state index is 11.9. The van der Waals surface area contributed by atoms with E-state index in [9.17, 15) is 4.79 Å². The number of hydrogen-bond acceptors (Lipinski definition) is 5. The molecule has 0 saturated carbocycles. The number of amides is 2. The highest BCUT2D eigenvalue weighted by Gasteiger charge is 2.13. The van der Waals surface area contributed by atoms with Crippen LogP contribution in [0.25, 0.3) is 0 Å². The highest BCUT2D eigenvalue weighted by molar-refractivity contribution is 7.15. The van der Waals surface area contributed by atoms with E-state index in [0.29, 0.717) is 27.3 Å². The van der Waals surface area contributed by atoms with Crippen molar-refractivity contribution in [1.29, 1.82) is 0 Å². The molecular weight excluding hydrogens is 314 g/mol. The second kappa shape index (κ2) is 6.64. The molecule has 21 heavy (non-hydrogen) atoms. The molecule has 0 aliphatic rings. The lowest BCUT2D eigenvalue weighted by Gasteiger charge is -2.13. The average molecular weight is 328 g/mol. The summed E-state index contributed by atoms with van der Waals surface area (Å²) in [6.45, 7) is 1.91. The Bertz CT molecular complexity index is 660. The van der Waals surface area contributed by atoms with Crippen LogP contribution in [-0.2, 0) is 0 Å². The molecule has 0 atom stereocenters. The number of urea groups is 1. The van der Waals surface area contributed by atoms with Crippen LogP contribution in [0.2, 0.25) is 5.02 Å². The minimum Gasteiger partial charge on any atom is -0.495 e. The van der Waals surface area contributed by atoms with Crippen LogP contribution in [0.1, 0.15) is 4.88 Å². The molecule has 0 aliphatic heterocycles. The average Bonchev–Trinajstić information content (AvgIpc) is 2.84. The van der Waals surface area contributed by atoms with Gasteiger partial charge in [-0.15, -0.1) is 11.3 Å². The molecule has 0 fully saturated rings. The second-order valence-electron chi connectivity index (χ2n) is 4.04. The van der Waals surface area contributed by atoms with E-state index in [-0.39, 0.29) is 0 Å². The lowest BCUT2D eigenvalue weighted by molar-refractivity contribution is 0.262. The number of aromatic nitrogens is 1. The van der Waals surface area contributed by atoms with Crippen LogP contribution in [0.15, 0.2) is 18.3 Å². The Morgan fingerprint density at radius 1 is 1.24 bits per heavy atom. The van der Waals surface area contributed by atoms with Crippen LogP contribution in [-0.4, -0.2) is 25.2 Å². The summed E-state index contributed by atoms with van der Waals surface area (Å²) >= 11 is 7.43. The first-order valence-corrected chi connectivity index (χ1v) is 7.15. The van der Waals surface area contributed by atoms with E-state index < -0.39 is 6.03 Å². The topological polar surface area (TPSA) is 72.5 Å². The third kappa shape index (κ3) is 3.77. The number of nitrogens with one attached hydrogen (secondary N) is 2. The molecule has 112 valence electrons. The van der Waals surface area contributed by atoms with E-state index in [1.165, 1.54) is 25.6 Å². The highest BCUT2D eigenvalue weighted by Crippen LogP contribution is 2.35. The molecule has 2 N–H and O–H groups in total. The first-order valence-electron chi connectivity index (χ1n) is 5.95. The van der Waals surface area contributed by atoms with E-state index in [0.717, 1.165) is 4.88 Å². The first kappa shape index (κ1) is 15.4. The van der Waals surface area contributed by atoms with Crippen molar-refractivity contribution in [1.82, 2.24) is 4.98 Å². The van der Waals surface area contributed by atoms with Crippen LogP contribution in [0.3, 0.4) is 0 Å². The molecule has 0 bridgehead atoms. The quantitative estimate of drug-likeness (QED) is 0.896. The summed E-state index contributed by atoms with van der Waals surface area (Å²) < 4.78 is 10.3. The molecule has 1 aromatic carbocycles. The Morgan fingerprint density at radius 3 is 2.52 bits per heavy atom. The van der Waals surface area contributed by atoms with Gasteiger partial charge in [0.2, 0.25) is 0 Å². The minimum atomic E-state index is -0.427. The number of ether oxygens (including phenoxy) is 2. The van der Waals surface area contributed by atoms with Gasteiger partial charge in [0.1, 0.15) is 11.5 Å². The fraction of sp³-hybridized carbons (Fsp3) is 0.231. The maximum Gasteiger partial charge on any atom is 0.325 e. The predicted molar refractivity (Wildman–Crippen MR) is 84.0 cm³/mol. The number of thiazole rings is 1. The summed E-state index contributed by atoms with van der Waals surface area (Å²) in [6.07, 6.45) is 1.69. The molecule has 6 nitrogen and oxygen atoms in total. The summed E-state index contributed by atoms with van der Waals surface area (Å²) in [7, 11) is 3.00. The number of anilines is 2. The van der Waals surface area contributed by atoms with Gasteiger partial charge in [-0.25, -0.2) is 9.78 Å². The molecule has 0 unspecified atom stereocenters. The number of rotatable bonds is 4. The molecule has 2 rings (SSSR count). The third-order valence-corrected chi connectivity index (χ3v) is 3.69. The van der Waals surface area contributed by atoms with E-state index in [2.05, 4.69) is 15.6 Å². The van der Waals surface area contributed by atoms with Gasteiger partial charge in [0, 0.05) is 17.1 Å². The van der Waals surface area contributed by atoms with Gasteiger partial charge in [0.25, 0.3) is 0 Å². The van der Waals surface area contributed by atoms with Crippen LogP contribution in [0, 0.1) is 6.92 Å². The number of methoxy groups -OCH3 is 2. The smallest absolute Gasteiger partial charge is 0.325 e. The van der Waals surface area contributed by atoms with Crippen LogP contribution in [0.4, 0.5) is 15.6 Å². The van der Waals surface area contributed by atoms with Crippen molar-refractivity contribution in [3.05, 3.63) is 28.2 Å². The summed E-state index contributed by atoms with van der Waals surface area (Å²) in [5.74, 6) is 0.914. The second-order valence-corrected chi connectivity index (χ2v) is 5.68. The number of carbonyl (C=O) groups excluding carboxylic acids is 1. The fourth-order valence-corrected chi connectivity index (χ4v) is 2.52. The maximum atomic E-state index is 11.9. The van der Waals surface area contributed by atoms with E-state index in [1.54, 1.807) is 18.3 Å². The lowest BCUT2D eigenvalue weighted by atomic mass is 10.2. The normalized spacial score (nSPS) is 10.1. The number of aryl methyl sites for hydroxylation is 1. The Balaban J connectivity index is 2.14. The SMILES string of the molecule is COc1cc(OC)c(NC(=O)Nc2ncc(C)s2)cc1Cl. The van der Waals surface area contributed by atoms with Crippen LogP contribution in [0.5, 0.6) is 11.5 Å². The minimum absolute atomic E-state index is 0.374. The standard InChI is InChI=1S/C13H14ClN3O3S/c1-7-6-15-13(21-7)17-12(18)16-9-4-8(14)10(19-2)5-11(9)20-3/h4-6H,1-3H3,(H2,15,16,17,18). The molecule has 2 aromatic rings. The van der Waals surface area contributed by atoms with Gasteiger partial charge in [0.05, 0.1) is 24.9 Å². The van der Waals surface area contributed by atoms with Crippen molar-refractivity contribution in [2.24, 2.45) is 0 Å². The summed E-state index contributed by atoms with van der Waals surface area (Å²) in [4.78, 5) is 17.0. The number of benzene rings is 1. The number of halogens is 1. The zero-order valence-electron chi connectivity index (χ0n) is 11.7. The Morgan fingerprint density at radius 2 is 1.95 bits per heavy atom. The van der Waals surface area contributed by atoms with Crippen molar-refractivity contribution < 1.29 is 14.3 Å². The van der Waals surface area contributed by atoms with Crippen molar-refractivity contribution in [2.45, 2.75) is 6.92 Å². The molecule has 0 saturated heterocycles. The molecule has 8 heteroatoms. The lowest BCUT2D eigenvalue weighted by Crippen LogP contribution is -2.19. The first-order chi connectivity index (χ1) is 10.0. The van der Waals surface area contributed by atoms with Gasteiger partial charge < -0.3 is 14.8 Å². The summed E-state index contributed by atoms with van der Waals surface area (Å²) in [5.41, 5.74) is 0.439. The molecule has 0 spiro atoms. The zero-order chi connectivity index (χ0) is 15.4. The van der Waals surface area contributed by atoms with Crippen LogP contribution >= 0.6 is 22.9 Å². The van der Waals surface area contributed by atoms with Gasteiger partial charge >= 0.3 is 6.03 Å². The monoisotopic (exact) mass is 327 g/mol. The number of nitrogens with zero attached hydrogens (tertiary/aromatic N) is 1. The Kier molecular flexibility index (Phi) is 4.87. The van der Waals surface area contributed by atoms with Gasteiger partial charge in [-0.1, -0.05) is 11.6 Å². The number of carbonyl (C=O) groups is 1. The van der Waals surface area contributed by atoms with Gasteiger partial charge in [-0.3, -0.25) is 5.32 Å². The van der Waals surface area contributed by atoms with Crippen molar-refractivity contribution in [3.8, 4) is 11.5 Å². The zero-order valence-corrected chi connectivity index (χ0v) is 13.3. The molecule has 1 heterocycles. The van der Waals surface area contributed by atoms with Crippen molar-refractivity contribution in [2.75, 3.05) is 24.9 Å². The van der Waals surface area contributed by atoms with Crippen molar-refractivity contribution >= 4 is 39.8 Å². The van der Waals surface area contributed by atoms with Gasteiger partial charge in [0.15, 0.2) is 5.13 Å². The van der Waals surface area contributed by atoms with Crippen LogP contribution < -0.4 is 20.1 Å². The molecule has 1 aromatic heterocycles. The predicted octanol–water partition coefficient (Wildman–Crippen LogP) is 3.77. The van der Waals surface area contributed by atoms with E-state index in [1.807, 2.05) is 6.92 Å². The van der Waals surface area contributed by atoms with E-state index >= 15 is 0 Å². The summed E-state index contributed by atoms with van der Waals surface area (Å²) in [6, 6.07) is 2.74. The molecular formula is C13H14ClN3O3S. The van der Waals surface area contributed by atoms with Crippen molar-refractivity contribution in [3.63, 3.8) is 0 Å². The van der Waals surface area contributed by atoms with E-state index in [4.69, 9.17) is 21.1 Å². The molecule has 0 aliphatic carbocycles. The van der Waals surface area contributed by atoms with Gasteiger partial charge in [-0.05, 0) is 13.0 Å².